The molecule has 0 radical (unpaired) electrons. The van der Waals surface area contributed by atoms with Crippen molar-refractivity contribution < 1.29 is 14.4 Å². The van der Waals surface area contributed by atoms with Crippen molar-refractivity contribution >= 4 is 34.8 Å². The summed E-state index contributed by atoms with van der Waals surface area (Å²) in [7, 11) is 1.75. The Balaban J connectivity index is 1.67. The molecule has 2 atom stereocenters. The van der Waals surface area contributed by atoms with Gasteiger partial charge in [0.15, 0.2) is 0 Å². The van der Waals surface area contributed by atoms with Gasteiger partial charge in [-0.15, -0.1) is 0 Å². The summed E-state index contributed by atoms with van der Waals surface area (Å²) in [4.78, 5) is 41.5. The third-order valence-corrected chi connectivity index (χ3v) is 5.90. The van der Waals surface area contributed by atoms with Crippen LogP contribution in [-0.2, 0) is 14.4 Å². The number of benzene rings is 2. The van der Waals surface area contributed by atoms with E-state index < -0.39 is 6.04 Å². The SMILES string of the molecule is CC(C)c1ccc(NC(=O)[C@H](C)N(C)CC(=O)N2c3ccccc3NC(=O)C[C@@H]2C)cc1. The van der Waals surface area contributed by atoms with Gasteiger partial charge in [-0.2, -0.15) is 0 Å². The Bertz CT molecular complexity index is 987. The Morgan fingerprint density at radius 3 is 2.44 bits per heavy atom. The highest BCUT2D eigenvalue weighted by Crippen LogP contribution is 2.31. The topological polar surface area (TPSA) is 81.8 Å². The molecule has 1 aliphatic heterocycles. The minimum atomic E-state index is -0.513. The summed E-state index contributed by atoms with van der Waals surface area (Å²) in [6.07, 6.45) is 0.215. The predicted molar refractivity (Wildman–Crippen MR) is 128 cm³/mol. The molecule has 0 aliphatic carbocycles. The van der Waals surface area contributed by atoms with E-state index in [4.69, 9.17) is 0 Å². The van der Waals surface area contributed by atoms with Crippen molar-refractivity contribution in [3.8, 4) is 0 Å². The molecule has 0 fully saturated rings. The second-order valence-corrected chi connectivity index (χ2v) is 8.74. The Kier molecular flexibility index (Phi) is 7.30. The minimum Gasteiger partial charge on any atom is -0.325 e. The molecule has 2 aromatic carbocycles. The van der Waals surface area contributed by atoms with E-state index in [2.05, 4.69) is 24.5 Å². The number of hydrogen-bond donors (Lipinski definition) is 2. The number of likely N-dealkylation sites (N-methyl/N-ethyl adjacent to an activating group) is 1. The number of nitrogens with zero attached hydrogens (tertiary/aromatic N) is 2. The van der Waals surface area contributed by atoms with E-state index in [0.717, 1.165) is 5.69 Å². The molecule has 0 spiro atoms. The van der Waals surface area contributed by atoms with Gasteiger partial charge < -0.3 is 15.5 Å². The van der Waals surface area contributed by atoms with Gasteiger partial charge in [-0.1, -0.05) is 38.1 Å². The lowest BCUT2D eigenvalue weighted by atomic mass is 10.0. The Labute approximate surface area is 189 Å². The van der Waals surface area contributed by atoms with Crippen LogP contribution in [0.25, 0.3) is 0 Å². The van der Waals surface area contributed by atoms with E-state index in [9.17, 15) is 14.4 Å². The molecule has 0 unspecified atom stereocenters. The first-order valence-electron chi connectivity index (χ1n) is 11.0. The maximum absolute atomic E-state index is 13.2. The second-order valence-electron chi connectivity index (χ2n) is 8.74. The molecule has 7 heteroatoms. The van der Waals surface area contributed by atoms with Crippen LogP contribution in [0.3, 0.4) is 0 Å². The van der Waals surface area contributed by atoms with Gasteiger partial charge in [0.2, 0.25) is 17.7 Å². The van der Waals surface area contributed by atoms with Crippen molar-refractivity contribution in [3.63, 3.8) is 0 Å². The third kappa shape index (κ3) is 5.34. The molecule has 0 saturated carbocycles. The van der Waals surface area contributed by atoms with Gasteiger partial charge >= 0.3 is 0 Å². The molecule has 0 aromatic heterocycles. The zero-order chi connectivity index (χ0) is 23.4. The van der Waals surface area contributed by atoms with Crippen LogP contribution in [0.1, 0.15) is 45.6 Å². The summed E-state index contributed by atoms with van der Waals surface area (Å²) in [6, 6.07) is 14.3. The summed E-state index contributed by atoms with van der Waals surface area (Å²) in [5, 5.41) is 5.78. The lowest BCUT2D eigenvalue weighted by Crippen LogP contribution is -2.48. The summed E-state index contributed by atoms with van der Waals surface area (Å²) < 4.78 is 0. The fourth-order valence-electron chi connectivity index (χ4n) is 3.79. The Morgan fingerprint density at radius 2 is 1.78 bits per heavy atom. The zero-order valence-electron chi connectivity index (χ0n) is 19.4. The number of para-hydroxylation sites is 2. The van der Waals surface area contributed by atoms with Crippen molar-refractivity contribution in [2.75, 3.05) is 29.1 Å². The highest BCUT2D eigenvalue weighted by molar-refractivity contribution is 6.05. The quantitative estimate of drug-likeness (QED) is 0.721. The van der Waals surface area contributed by atoms with Crippen LogP contribution in [0.2, 0.25) is 0 Å². The Morgan fingerprint density at radius 1 is 1.12 bits per heavy atom. The summed E-state index contributed by atoms with van der Waals surface area (Å²) in [5.74, 6) is -0.0405. The molecule has 1 aliphatic rings. The molecule has 2 aromatic rings. The number of rotatable bonds is 6. The monoisotopic (exact) mass is 436 g/mol. The van der Waals surface area contributed by atoms with Crippen LogP contribution in [0, 0.1) is 0 Å². The van der Waals surface area contributed by atoms with Crippen LogP contribution in [0.4, 0.5) is 17.1 Å². The molecule has 3 amide bonds. The van der Waals surface area contributed by atoms with E-state index in [1.165, 1.54) is 5.56 Å². The van der Waals surface area contributed by atoms with Gasteiger partial charge in [-0.05, 0) is 56.6 Å². The normalized spacial score (nSPS) is 16.9. The van der Waals surface area contributed by atoms with Crippen LogP contribution in [0.15, 0.2) is 48.5 Å². The van der Waals surface area contributed by atoms with Gasteiger partial charge in [-0.25, -0.2) is 0 Å². The van der Waals surface area contributed by atoms with E-state index in [-0.39, 0.29) is 36.7 Å². The predicted octanol–water partition coefficient (Wildman–Crippen LogP) is 3.83. The van der Waals surface area contributed by atoms with Crippen molar-refractivity contribution in [1.82, 2.24) is 4.90 Å². The zero-order valence-corrected chi connectivity index (χ0v) is 19.4. The smallest absolute Gasteiger partial charge is 0.241 e. The average molecular weight is 437 g/mol. The molecule has 32 heavy (non-hydrogen) atoms. The number of carbonyl (C=O) groups is 3. The Hall–Kier alpha value is -3.19. The average Bonchev–Trinajstić information content (AvgIpc) is 2.87. The van der Waals surface area contributed by atoms with Crippen molar-refractivity contribution in [2.45, 2.75) is 52.1 Å². The van der Waals surface area contributed by atoms with Crippen LogP contribution >= 0.6 is 0 Å². The van der Waals surface area contributed by atoms with Crippen LogP contribution in [-0.4, -0.2) is 48.3 Å². The maximum Gasteiger partial charge on any atom is 0.241 e. The van der Waals surface area contributed by atoms with E-state index in [1.807, 2.05) is 49.4 Å². The molecule has 7 nitrogen and oxygen atoms in total. The van der Waals surface area contributed by atoms with E-state index >= 15 is 0 Å². The van der Waals surface area contributed by atoms with Crippen molar-refractivity contribution in [2.24, 2.45) is 0 Å². The van der Waals surface area contributed by atoms with Gasteiger partial charge in [0.1, 0.15) is 0 Å². The molecule has 170 valence electrons. The second kappa shape index (κ2) is 9.96. The molecular weight excluding hydrogens is 404 g/mol. The number of nitrogens with one attached hydrogen (secondary N) is 2. The first-order chi connectivity index (χ1) is 15.2. The standard InChI is InChI=1S/C25H32N4O3/c1-16(2)19-10-12-20(13-11-19)26-25(32)18(4)28(5)15-24(31)29-17(3)14-23(30)27-21-8-6-7-9-22(21)29/h6-13,16-18H,14-15H2,1-5H3,(H,26,32)(H,27,30)/t17-,18-/m0/s1. The lowest BCUT2D eigenvalue weighted by molar-refractivity contribution is -0.123. The first kappa shape index (κ1) is 23.5. The largest absolute Gasteiger partial charge is 0.325 e. The minimum absolute atomic E-state index is 0.0493. The number of hydrogen-bond acceptors (Lipinski definition) is 4. The fraction of sp³-hybridized carbons (Fsp3) is 0.400. The van der Waals surface area contributed by atoms with E-state index in [1.54, 1.807) is 29.8 Å². The fourth-order valence-corrected chi connectivity index (χ4v) is 3.79. The molecule has 1 heterocycles. The molecule has 0 bridgehead atoms. The van der Waals surface area contributed by atoms with Gasteiger partial charge in [0.25, 0.3) is 0 Å². The number of anilines is 3. The van der Waals surface area contributed by atoms with Crippen LogP contribution in [0.5, 0.6) is 0 Å². The summed E-state index contributed by atoms with van der Waals surface area (Å²) >= 11 is 0. The van der Waals surface area contributed by atoms with Crippen molar-refractivity contribution in [3.05, 3.63) is 54.1 Å². The van der Waals surface area contributed by atoms with Gasteiger partial charge in [-0.3, -0.25) is 19.3 Å². The summed E-state index contributed by atoms with van der Waals surface area (Å²) in [6.45, 7) is 7.93. The number of fused-ring (bicyclic) bond motifs is 1. The first-order valence-corrected chi connectivity index (χ1v) is 11.0. The molecule has 2 N–H and O–H groups in total. The highest BCUT2D eigenvalue weighted by Gasteiger charge is 2.31. The maximum atomic E-state index is 13.2. The van der Waals surface area contributed by atoms with Crippen molar-refractivity contribution in [1.29, 1.82) is 0 Å². The highest BCUT2D eigenvalue weighted by atomic mass is 16.2. The molecular formula is C25H32N4O3. The van der Waals surface area contributed by atoms with Gasteiger partial charge in [0, 0.05) is 18.2 Å². The number of amides is 3. The number of carbonyl (C=O) groups excluding carboxylic acids is 3. The summed E-state index contributed by atoms with van der Waals surface area (Å²) in [5.41, 5.74) is 3.23. The van der Waals surface area contributed by atoms with E-state index in [0.29, 0.717) is 17.3 Å². The van der Waals surface area contributed by atoms with Crippen LogP contribution < -0.4 is 15.5 Å². The third-order valence-electron chi connectivity index (χ3n) is 5.90. The molecule has 0 saturated heterocycles. The van der Waals surface area contributed by atoms with Gasteiger partial charge in [0.05, 0.1) is 24.0 Å². The molecule has 3 rings (SSSR count). The lowest BCUT2D eigenvalue weighted by Gasteiger charge is -2.31.